The molecule has 116 valence electrons. The molecule has 2 aromatic heterocycles. The van der Waals surface area contributed by atoms with Crippen molar-refractivity contribution in [2.75, 3.05) is 7.11 Å². The Hall–Kier alpha value is -3.22. The van der Waals surface area contributed by atoms with E-state index in [9.17, 15) is 10.1 Å². The van der Waals surface area contributed by atoms with Gasteiger partial charge in [0.2, 0.25) is 0 Å². The maximum Gasteiger partial charge on any atom is 0.375 e. The predicted octanol–water partition coefficient (Wildman–Crippen LogP) is 3.29. The molecule has 0 radical (unpaired) electrons. The van der Waals surface area contributed by atoms with Gasteiger partial charge in [0.1, 0.15) is 5.58 Å². The summed E-state index contributed by atoms with van der Waals surface area (Å²) >= 11 is 0. The standard InChI is InChI=1S/C16H13N3O4/c1-10-6-5-9-13(17-10)18-14-11-7-3-4-8-12(11)23-16(22-2)15(14)19(20)21/h3-9H,1-2H3. The van der Waals surface area contributed by atoms with Crippen molar-refractivity contribution in [1.82, 2.24) is 4.98 Å². The molecule has 0 fully saturated rings. The summed E-state index contributed by atoms with van der Waals surface area (Å²) in [5.41, 5.74) is 0.890. The number of pyridine rings is 1. The van der Waals surface area contributed by atoms with Crippen LogP contribution in [0.5, 0.6) is 5.95 Å². The molecule has 3 aromatic rings. The van der Waals surface area contributed by atoms with Crippen LogP contribution >= 0.6 is 0 Å². The first-order valence-corrected chi connectivity index (χ1v) is 6.83. The first-order valence-electron chi connectivity index (χ1n) is 6.83. The van der Waals surface area contributed by atoms with Gasteiger partial charge in [-0.2, -0.15) is 0 Å². The summed E-state index contributed by atoms with van der Waals surface area (Å²) in [5, 5.41) is 12.2. The van der Waals surface area contributed by atoms with E-state index in [0.29, 0.717) is 16.8 Å². The highest BCUT2D eigenvalue weighted by molar-refractivity contribution is 5.79. The first kappa shape index (κ1) is 14.7. The molecular weight excluding hydrogens is 298 g/mol. The topological polar surface area (TPSA) is 90.8 Å². The Morgan fingerprint density at radius 3 is 2.70 bits per heavy atom. The van der Waals surface area contributed by atoms with Gasteiger partial charge in [0.25, 0.3) is 0 Å². The van der Waals surface area contributed by atoms with E-state index in [4.69, 9.17) is 9.15 Å². The van der Waals surface area contributed by atoms with Gasteiger partial charge in [-0.25, -0.2) is 9.98 Å². The van der Waals surface area contributed by atoms with Crippen molar-refractivity contribution in [3.63, 3.8) is 0 Å². The van der Waals surface area contributed by atoms with Gasteiger partial charge in [0.05, 0.1) is 17.4 Å². The molecule has 0 aliphatic rings. The van der Waals surface area contributed by atoms with Gasteiger partial charge in [-0.05, 0) is 31.2 Å². The number of nitro groups is 1. The van der Waals surface area contributed by atoms with Gasteiger partial charge in [0, 0.05) is 5.69 Å². The molecule has 2 heterocycles. The fourth-order valence-electron chi connectivity index (χ4n) is 2.24. The highest BCUT2D eigenvalue weighted by Crippen LogP contribution is 2.28. The number of aromatic nitrogens is 1. The van der Waals surface area contributed by atoms with Gasteiger partial charge in [-0.15, -0.1) is 0 Å². The first-order chi connectivity index (χ1) is 11.1. The van der Waals surface area contributed by atoms with Crippen molar-refractivity contribution in [2.24, 2.45) is 4.99 Å². The Morgan fingerprint density at radius 2 is 2.00 bits per heavy atom. The van der Waals surface area contributed by atoms with Crippen LogP contribution in [0.25, 0.3) is 11.0 Å². The van der Waals surface area contributed by atoms with Crippen LogP contribution in [0.3, 0.4) is 0 Å². The summed E-state index contributed by atoms with van der Waals surface area (Å²) in [5.74, 6) is 0.187. The SMILES string of the molecule is COc1oc2ccccc2c(=Nc2cccc(C)n2)c1[N+](=O)[O-]. The lowest BCUT2D eigenvalue weighted by Crippen LogP contribution is -2.12. The molecule has 0 bridgehead atoms. The van der Waals surface area contributed by atoms with E-state index in [1.165, 1.54) is 7.11 Å². The van der Waals surface area contributed by atoms with Crippen molar-refractivity contribution in [3.8, 4) is 5.95 Å². The molecule has 0 atom stereocenters. The number of para-hydroxylation sites is 1. The summed E-state index contributed by atoms with van der Waals surface area (Å²) in [7, 11) is 1.31. The van der Waals surface area contributed by atoms with Crippen LogP contribution in [0, 0.1) is 17.0 Å². The number of fused-ring (bicyclic) bond motifs is 1. The number of ether oxygens (including phenoxy) is 1. The van der Waals surface area contributed by atoms with Gasteiger partial charge < -0.3 is 9.15 Å². The molecular formula is C16H13N3O4. The highest BCUT2D eigenvalue weighted by Gasteiger charge is 2.24. The van der Waals surface area contributed by atoms with E-state index in [2.05, 4.69) is 9.98 Å². The van der Waals surface area contributed by atoms with E-state index >= 15 is 0 Å². The van der Waals surface area contributed by atoms with Crippen molar-refractivity contribution in [3.05, 3.63) is 63.6 Å². The van der Waals surface area contributed by atoms with Crippen LogP contribution in [0.2, 0.25) is 0 Å². The predicted molar refractivity (Wildman–Crippen MR) is 83.6 cm³/mol. The van der Waals surface area contributed by atoms with Crippen molar-refractivity contribution in [2.45, 2.75) is 6.92 Å². The number of aryl methyl sites for hydroxylation is 1. The Labute approximate surface area is 131 Å². The molecule has 3 rings (SSSR count). The normalized spacial score (nSPS) is 11.7. The number of methoxy groups -OCH3 is 1. The molecule has 0 aliphatic carbocycles. The summed E-state index contributed by atoms with van der Waals surface area (Å²) in [6.45, 7) is 1.83. The molecule has 7 nitrogen and oxygen atoms in total. The zero-order valence-electron chi connectivity index (χ0n) is 12.5. The number of nitrogens with zero attached hydrogens (tertiary/aromatic N) is 3. The Bertz CT molecular complexity index is 963. The number of hydrogen-bond donors (Lipinski definition) is 0. The van der Waals surface area contributed by atoms with Crippen LogP contribution in [0.1, 0.15) is 5.69 Å². The fourth-order valence-corrected chi connectivity index (χ4v) is 2.24. The number of benzene rings is 1. The molecule has 1 aromatic carbocycles. The van der Waals surface area contributed by atoms with Gasteiger partial charge in [-0.1, -0.05) is 18.2 Å². The Balaban J connectivity index is 2.45. The Morgan fingerprint density at radius 1 is 1.22 bits per heavy atom. The van der Waals surface area contributed by atoms with E-state index in [1.54, 1.807) is 36.4 Å². The molecule has 0 saturated carbocycles. The second-order valence-corrected chi connectivity index (χ2v) is 4.79. The summed E-state index contributed by atoms with van der Waals surface area (Å²) in [4.78, 5) is 19.6. The second-order valence-electron chi connectivity index (χ2n) is 4.79. The monoisotopic (exact) mass is 311 g/mol. The van der Waals surface area contributed by atoms with Crippen LogP contribution in [-0.4, -0.2) is 17.0 Å². The smallest absolute Gasteiger partial charge is 0.375 e. The second kappa shape index (κ2) is 5.88. The highest BCUT2D eigenvalue weighted by atomic mass is 16.6. The average molecular weight is 311 g/mol. The summed E-state index contributed by atoms with van der Waals surface area (Å²) in [6.07, 6.45) is 0. The van der Waals surface area contributed by atoms with Crippen LogP contribution < -0.4 is 10.1 Å². The van der Waals surface area contributed by atoms with Gasteiger partial charge >= 0.3 is 11.6 Å². The number of rotatable bonds is 3. The van der Waals surface area contributed by atoms with Crippen LogP contribution in [-0.2, 0) is 0 Å². The third-order valence-corrected chi connectivity index (χ3v) is 3.23. The van der Waals surface area contributed by atoms with Crippen LogP contribution in [0.4, 0.5) is 11.5 Å². The molecule has 0 amide bonds. The molecule has 0 N–H and O–H groups in total. The maximum atomic E-state index is 11.5. The molecule has 0 spiro atoms. The van der Waals surface area contributed by atoms with Crippen molar-refractivity contribution < 1.29 is 14.1 Å². The third kappa shape index (κ3) is 2.76. The molecule has 0 saturated heterocycles. The molecule has 7 heteroatoms. The van der Waals surface area contributed by atoms with Crippen molar-refractivity contribution >= 4 is 22.5 Å². The molecule has 23 heavy (non-hydrogen) atoms. The van der Waals surface area contributed by atoms with E-state index < -0.39 is 4.92 Å². The van der Waals surface area contributed by atoms with E-state index in [1.807, 2.05) is 13.0 Å². The van der Waals surface area contributed by atoms with Crippen LogP contribution in [0.15, 0.2) is 51.9 Å². The average Bonchev–Trinajstić information content (AvgIpc) is 2.54. The quantitative estimate of drug-likeness (QED) is 0.547. The minimum atomic E-state index is -0.566. The lowest BCUT2D eigenvalue weighted by Gasteiger charge is -2.04. The zero-order chi connectivity index (χ0) is 16.4. The lowest BCUT2D eigenvalue weighted by atomic mass is 10.2. The van der Waals surface area contributed by atoms with Crippen molar-refractivity contribution in [1.29, 1.82) is 0 Å². The largest absolute Gasteiger partial charge is 0.463 e. The summed E-state index contributed by atoms with van der Waals surface area (Å²) < 4.78 is 10.5. The zero-order valence-corrected chi connectivity index (χ0v) is 12.5. The van der Waals surface area contributed by atoms with E-state index in [0.717, 1.165) is 5.69 Å². The van der Waals surface area contributed by atoms with Gasteiger partial charge in [-0.3, -0.25) is 10.1 Å². The minimum Gasteiger partial charge on any atom is -0.463 e. The fraction of sp³-hybridized carbons (Fsp3) is 0.125. The minimum absolute atomic E-state index is 0.159. The Kier molecular flexibility index (Phi) is 3.76. The van der Waals surface area contributed by atoms with Gasteiger partial charge in [0.15, 0.2) is 11.2 Å². The van der Waals surface area contributed by atoms with E-state index in [-0.39, 0.29) is 17.0 Å². The molecule has 0 unspecified atom stereocenters. The summed E-state index contributed by atoms with van der Waals surface area (Å²) in [6, 6.07) is 12.2. The molecule has 0 aliphatic heterocycles. The third-order valence-electron chi connectivity index (χ3n) is 3.23. The maximum absolute atomic E-state index is 11.5. The lowest BCUT2D eigenvalue weighted by molar-refractivity contribution is -0.388. The number of hydrogen-bond acceptors (Lipinski definition) is 6.